The van der Waals surface area contributed by atoms with Gasteiger partial charge in [0.05, 0.1) is 24.2 Å². The van der Waals surface area contributed by atoms with Crippen LogP contribution in [0.4, 0.5) is 5.69 Å². The first-order valence-electron chi connectivity index (χ1n) is 10.3. The molecule has 11 heteroatoms. The molecule has 172 valence electrons. The van der Waals surface area contributed by atoms with E-state index in [0.717, 1.165) is 5.56 Å². The van der Waals surface area contributed by atoms with Crippen molar-refractivity contribution in [2.45, 2.75) is 37.5 Å². The molecule has 0 saturated carbocycles. The van der Waals surface area contributed by atoms with E-state index in [1.54, 1.807) is 13.1 Å². The van der Waals surface area contributed by atoms with Gasteiger partial charge < -0.3 is 30.0 Å². The van der Waals surface area contributed by atoms with Crippen LogP contribution < -0.4 is 10.5 Å². The first-order chi connectivity index (χ1) is 15.8. The molecule has 2 aliphatic heterocycles. The third kappa shape index (κ3) is 4.19. The SMILES string of the molecule is C[C@]1(C2OCCO2)Oc2ccc([N+](=O)[O-])cc2[C@@H](N(Cc2ccccc2)C(N)=NC#N)[C@@H]1O. The van der Waals surface area contributed by atoms with E-state index in [0.29, 0.717) is 24.5 Å². The van der Waals surface area contributed by atoms with Crippen LogP contribution in [0.1, 0.15) is 24.1 Å². The van der Waals surface area contributed by atoms with E-state index in [9.17, 15) is 15.2 Å². The van der Waals surface area contributed by atoms with Gasteiger partial charge in [0.2, 0.25) is 12.2 Å². The third-order valence-electron chi connectivity index (χ3n) is 5.82. The fraction of sp³-hybridized carbons (Fsp3) is 0.364. The molecule has 4 rings (SSSR count). The average Bonchev–Trinajstić information content (AvgIpc) is 3.35. The second kappa shape index (κ2) is 9.03. The Morgan fingerprint density at radius 3 is 2.67 bits per heavy atom. The molecule has 0 spiro atoms. The number of guanidine groups is 1. The number of fused-ring (bicyclic) bond motifs is 1. The summed E-state index contributed by atoms with van der Waals surface area (Å²) in [5, 5.41) is 32.2. The smallest absolute Gasteiger partial charge is 0.270 e. The van der Waals surface area contributed by atoms with E-state index in [1.165, 1.54) is 23.1 Å². The summed E-state index contributed by atoms with van der Waals surface area (Å²) in [7, 11) is 0. The molecule has 1 saturated heterocycles. The molecule has 1 fully saturated rings. The minimum Gasteiger partial charge on any atom is -0.479 e. The first kappa shape index (κ1) is 22.5. The number of hydrogen-bond acceptors (Lipinski definition) is 8. The van der Waals surface area contributed by atoms with Crippen LogP contribution in [0.3, 0.4) is 0 Å². The lowest BCUT2D eigenvalue weighted by Crippen LogP contribution is -2.62. The lowest BCUT2D eigenvalue weighted by molar-refractivity contribution is -0.385. The standard InChI is InChI=1S/C22H23N5O6/c1-22(20-31-9-10-32-20)19(28)18(16-11-15(27(29)30)7-8-17(16)33-22)26(21(24)25-13-23)12-14-5-3-2-4-6-14/h2-8,11,18-20,28H,9-10,12H2,1H3,(H2,24,25)/t18-,19+,22+/m1/s1. The number of nitrogens with two attached hydrogens (primary N) is 1. The summed E-state index contributed by atoms with van der Waals surface area (Å²) in [5.41, 5.74) is 5.78. The molecular formula is C22H23N5O6. The number of aliphatic imine (C=N–C) groups is 1. The maximum absolute atomic E-state index is 11.6. The van der Waals surface area contributed by atoms with Crippen LogP contribution in [0.25, 0.3) is 0 Å². The van der Waals surface area contributed by atoms with Gasteiger partial charge >= 0.3 is 0 Å². The average molecular weight is 453 g/mol. The van der Waals surface area contributed by atoms with Gasteiger partial charge in [0.15, 0.2) is 11.9 Å². The Morgan fingerprint density at radius 2 is 2.03 bits per heavy atom. The predicted molar refractivity (Wildman–Crippen MR) is 116 cm³/mol. The maximum Gasteiger partial charge on any atom is 0.270 e. The Labute approximate surface area is 189 Å². The van der Waals surface area contributed by atoms with Crippen molar-refractivity contribution in [1.82, 2.24) is 4.90 Å². The second-order valence-electron chi connectivity index (χ2n) is 7.91. The summed E-state index contributed by atoms with van der Waals surface area (Å²) in [5.74, 6) is 0.153. The number of non-ortho nitro benzene ring substituents is 1. The van der Waals surface area contributed by atoms with Gasteiger partial charge in [0.25, 0.3) is 5.69 Å². The van der Waals surface area contributed by atoms with Gasteiger partial charge in [-0.2, -0.15) is 5.26 Å². The van der Waals surface area contributed by atoms with Gasteiger partial charge in [-0.3, -0.25) is 10.1 Å². The summed E-state index contributed by atoms with van der Waals surface area (Å²) in [6.07, 6.45) is -0.529. The van der Waals surface area contributed by atoms with Gasteiger partial charge in [-0.1, -0.05) is 30.3 Å². The normalized spacial score (nSPS) is 25.1. The molecule has 2 aliphatic rings. The number of benzene rings is 2. The van der Waals surface area contributed by atoms with E-state index in [4.69, 9.17) is 25.2 Å². The third-order valence-corrected chi connectivity index (χ3v) is 5.82. The Kier molecular flexibility index (Phi) is 6.15. The van der Waals surface area contributed by atoms with Gasteiger partial charge in [-0.05, 0) is 18.6 Å². The van der Waals surface area contributed by atoms with Crippen molar-refractivity contribution in [2.24, 2.45) is 10.7 Å². The number of aliphatic hydroxyl groups is 1. The molecule has 2 heterocycles. The Hall–Kier alpha value is -3.72. The highest BCUT2D eigenvalue weighted by Gasteiger charge is 2.55. The highest BCUT2D eigenvalue weighted by Crippen LogP contribution is 2.47. The monoisotopic (exact) mass is 453 g/mol. The summed E-state index contributed by atoms with van der Waals surface area (Å²) in [4.78, 5) is 16.1. The molecule has 0 bridgehead atoms. The molecule has 2 aromatic carbocycles. The van der Waals surface area contributed by atoms with Crippen LogP contribution in [-0.2, 0) is 16.0 Å². The predicted octanol–water partition coefficient (Wildman–Crippen LogP) is 1.82. The number of nitrogens with zero attached hydrogens (tertiary/aromatic N) is 4. The molecule has 0 aliphatic carbocycles. The molecule has 33 heavy (non-hydrogen) atoms. The van der Waals surface area contributed by atoms with Crippen LogP contribution in [0.2, 0.25) is 0 Å². The molecule has 0 radical (unpaired) electrons. The molecule has 2 aromatic rings. The van der Waals surface area contributed by atoms with Crippen LogP contribution in [0.5, 0.6) is 5.75 Å². The van der Waals surface area contributed by atoms with Gasteiger partial charge in [-0.25, -0.2) is 0 Å². The molecule has 0 amide bonds. The Balaban J connectivity index is 1.87. The Morgan fingerprint density at radius 1 is 1.33 bits per heavy atom. The lowest BCUT2D eigenvalue weighted by atomic mass is 9.83. The minimum absolute atomic E-state index is 0.152. The molecule has 0 aromatic heterocycles. The highest BCUT2D eigenvalue weighted by atomic mass is 16.7. The maximum atomic E-state index is 11.6. The zero-order valence-corrected chi connectivity index (χ0v) is 17.8. The van der Waals surface area contributed by atoms with E-state index in [-0.39, 0.29) is 18.2 Å². The first-order valence-corrected chi connectivity index (χ1v) is 10.3. The lowest BCUT2D eigenvalue weighted by Gasteiger charge is -2.49. The van der Waals surface area contributed by atoms with Crippen molar-refractivity contribution in [3.05, 3.63) is 69.8 Å². The number of ether oxygens (including phenoxy) is 3. The summed E-state index contributed by atoms with van der Waals surface area (Å²) in [6, 6.07) is 12.4. The zero-order chi connectivity index (χ0) is 23.6. The fourth-order valence-electron chi connectivity index (χ4n) is 4.19. The number of hydrogen-bond donors (Lipinski definition) is 2. The van der Waals surface area contributed by atoms with Crippen molar-refractivity contribution in [2.75, 3.05) is 13.2 Å². The summed E-state index contributed by atoms with van der Waals surface area (Å²) >= 11 is 0. The molecule has 3 N–H and O–H groups in total. The van der Waals surface area contributed by atoms with E-state index >= 15 is 0 Å². The summed E-state index contributed by atoms with van der Waals surface area (Å²) in [6.45, 7) is 2.48. The topological polar surface area (TPSA) is 156 Å². The number of nitro groups is 1. The molecule has 0 unspecified atom stereocenters. The van der Waals surface area contributed by atoms with Crippen molar-refractivity contribution in [3.8, 4) is 11.9 Å². The van der Waals surface area contributed by atoms with Crippen molar-refractivity contribution in [1.29, 1.82) is 5.26 Å². The van der Waals surface area contributed by atoms with E-state index in [1.807, 2.05) is 30.3 Å². The van der Waals surface area contributed by atoms with Gasteiger partial charge in [0, 0.05) is 24.2 Å². The molecule has 11 nitrogen and oxygen atoms in total. The van der Waals surface area contributed by atoms with Crippen molar-refractivity contribution < 1.29 is 24.2 Å². The van der Waals surface area contributed by atoms with Gasteiger partial charge in [-0.15, -0.1) is 4.99 Å². The van der Waals surface area contributed by atoms with Crippen molar-refractivity contribution in [3.63, 3.8) is 0 Å². The van der Waals surface area contributed by atoms with Crippen LogP contribution in [-0.4, -0.2) is 52.1 Å². The second-order valence-corrected chi connectivity index (χ2v) is 7.91. The van der Waals surface area contributed by atoms with E-state index < -0.39 is 29.0 Å². The van der Waals surface area contributed by atoms with E-state index in [2.05, 4.69) is 4.99 Å². The van der Waals surface area contributed by atoms with Crippen LogP contribution in [0.15, 0.2) is 53.5 Å². The van der Waals surface area contributed by atoms with Crippen LogP contribution in [0, 0.1) is 21.6 Å². The number of rotatable bonds is 5. The quantitative estimate of drug-likeness (QED) is 0.226. The summed E-state index contributed by atoms with van der Waals surface area (Å²) < 4.78 is 17.4. The minimum atomic E-state index is -1.37. The largest absolute Gasteiger partial charge is 0.479 e. The number of nitro benzene ring substituents is 1. The molecular weight excluding hydrogens is 430 g/mol. The fourth-order valence-corrected chi connectivity index (χ4v) is 4.19. The highest BCUT2D eigenvalue weighted by molar-refractivity contribution is 5.80. The number of nitriles is 1. The van der Waals surface area contributed by atoms with Crippen molar-refractivity contribution >= 4 is 11.6 Å². The Bertz CT molecular complexity index is 1100. The number of aliphatic hydroxyl groups excluding tert-OH is 1. The molecule has 3 atom stereocenters. The van der Waals surface area contributed by atoms with Crippen LogP contribution >= 0.6 is 0 Å². The zero-order valence-electron chi connectivity index (χ0n) is 17.8. The van der Waals surface area contributed by atoms with Gasteiger partial charge in [0.1, 0.15) is 11.9 Å².